The summed E-state index contributed by atoms with van der Waals surface area (Å²) in [4.78, 5) is 5.64. The Morgan fingerprint density at radius 1 is 0.638 bits per heavy atom. The molecule has 3 nitrogen and oxygen atoms in total. The Hall–Kier alpha value is -5.22. The van der Waals surface area contributed by atoms with Crippen LogP contribution < -0.4 is 20.7 Å². The van der Waals surface area contributed by atoms with Crippen LogP contribution in [0.1, 0.15) is 179 Å². The second-order valence-electron chi connectivity index (χ2n) is 26.9. The van der Waals surface area contributed by atoms with Crippen LogP contribution in [0.5, 0.6) is 0 Å². The molecule has 5 aromatic carbocycles. The highest BCUT2D eigenvalue weighted by Gasteiger charge is 2.59. The Kier molecular flexibility index (Phi) is 8.76. The van der Waals surface area contributed by atoms with Crippen molar-refractivity contribution in [2.24, 2.45) is 0 Å². The van der Waals surface area contributed by atoms with Crippen molar-refractivity contribution < 1.29 is 0 Å². The third-order valence-electron chi connectivity index (χ3n) is 19.7. The molecule has 7 aliphatic rings. The normalized spacial score (nSPS) is 25.6. The van der Waals surface area contributed by atoms with Crippen molar-refractivity contribution in [2.75, 3.05) is 9.80 Å². The summed E-state index contributed by atoms with van der Waals surface area (Å²) in [5.41, 5.74) is 27.7. The van der Waals surface area contributed by atoms with Crippen LogP contribution in [0.4, 0.5) is 22.7 Å². The molecule has 352 valence electrons. The Bertz CT molecular complexity index is 3320. The van der Waals surface area contributed by atoms with Crippen LogP contribution in [-0.4, -0.2) is 16.8 Å². The van der Waals surface area contributed by atoms with Gasteiger partial charge in [-0.1, -0.05) is 155 Å². The fourth-order valence-electron chi connectivity index (χ4n) is 15.5. The minimum absolute atomic E-state index is 0.00396. The average Bonchev–Trinajstić information content (AvgIpc) is 3.89. The average molecular weight is 908 g/mol. The molecule has 4 aliphatic carbocycles. The fraction of sp³-hybridized carbons (Fsp3) is 0.446. The molecule has 4 unspecified atom stereocenters. The van der Waals surface area contributed by atoms with Gasteiger partial charge in [0.15, 0.2) is 0 Å². The van der Waals surface area contributed by atoms with Gasteiger partial charge in [-0.15, -0.1) is 0 Å². The topological polar surface area (TPSA) is 11.4 Å². The molecule has 0 radical (unpaired) electrons. The van der Waals surface area contributed by atoms with Gasteiger partial charge in [-0.2, -0.15) is 0 Å². The molecule has 4 heterocycles. The van der Waals surface area contributed by atoms with Crippen LogP contribution in [0.15, 0.2) is 108 Å². The maximum Gasteiger partial charge on any atom is 0.226 e. The van der Waals surface area contributed by atoms with Gasteiger partial charge in [0.25, 0.3) is 0 Å². The summed E-state index contributed by atoms with van der Waals surface area (Å²) in [6, 6.07) is 35.4. The van der Waals surface area contributed by atoms with Crippen molar-refractivity contribution in [1.29, 1.82) is 0 Å². The number of benzene rings is 5. The van der Waals surface area contributed by atoms with E-state index in [0.29, 0.717) is 0 Å². The quantitative estimate of drug-likeness (QED) is 0.160. The Balaban J connectivity index is 1.12. The molecule has 0 amide bonds. The van der Waals surface area contributed by atoms with Gasteiger partial charge in [-0.3, -0.25) is 0 Å². The molecule has 0 spiro atoms. The molecular weight excluding hydrogens is 834 g/mol. The molecule has 4 heteroatoms. The molecule has 1 fully saturated rings. The van der Waals surface area contributed by atoms with Crippen molar-refractivity contribution in [1.82, 2.24) is 4.57 Å². The predicted molar refractivity (Wildman–Crippen MR) is 295 cm³/mol. The molecule has 6 aromatic rings. The van der Waals surface area contributed by atoms with Gasteiger partial charge in [0.1, 0.15) is 0 Å². The maximum atomic E-state index is 2.84. The van der Waals surface area contributed by atoms with E-state index in [1.54, 1.807) is 5.56 Å². The first-order chi connectivity index (χ1) is 32.5. The number of rotatable bonds is 2. The molecule has 1 saturated carbocycles. The summed E-state index contributed by atoms with van der Waals surface area (Å²) < 4.78 is 2.84. The van der Waals surface area contributed by atoms with E-state index in [1.807, 2.05) is 0 Å². The third kappa shape index (κ3) is 5.75. The minimum atomic E-state index is -0.0536. The lowest BCUT2D eigenvalue weighted by atomic mass is 9.28. The smallest absolute Gasteiger partial charge is 0.226 e. The Labute approximate surface area is 414 Å². The van der Waals surface area contributed by atoms with Crippen LogP contribution in [0.25, 0.3) is 22.2 Å². The molecule has 4 atom stereocenters. The lowest BCUT2D eigenvalue weighted by molar-refractivity contribution is 0.195. The highest BCUT2D eigenvalue weighted by Crippen LogP contribution is 2.63. The second-order valence-corrected chi connectivity index (χ2v) is 26.9. The zero-order valence-corrected chi connectivity index (χ0v) is 44.3. The molecule has 0 N–H and O–H groups in total. The zero-order chi connectivity index (χ0) is 48.3. The zero-order valence-electron chi connectivity index (χ0n) is 44.3. The Morgan fingerprint density at radius 3 is 2.09 bits per heavy atom. The van der Waals surface area contributed by atoms with E-state index in [1.165, 1.54) is 145 Å². The number of aromatic nitrogens is 1. The number of hydrogen-bond acceptors (Lipinski definition) is 2. The maximum absolute atomic E-state index is 2.84. The van der Waals surface area contributed by atoms with Gasteiger partial charge in [0, 0.05) is 62.6 Å². The van der Waals surface area contributed by atoms with Crippen molar-refractivity contribution in [3.8, 4) is 11.3 Å². The SMILES string of the molecule is CC1=CC2C3B(c4ccc(N5c6ccc(C(C)(C)C)cc6C6(C)CCCCC56C)cc4N(c4cc5c(cc4C)C(C)(C)CCC5(C)C)C3=C1)c1cc(C(C)(C)C)cc3c4c(n2c13)-c1ccccc1C4. The fourth-order valence-corrected chi connectivity index (χ4v) is 15.5. The van der Waals surface area contributed by atoms with E-state index in [2.05, 4.69) is 208 Å². The summed E-state index contributed by atoms with van der Waals surface area (Å²) in [7, 11) is 0. The number of fused-ring (bicyclic) bond motifs is 13. The number of aryl methyl sites for hydroxylation is 1. The number of nitrogens with zero attached hydrogens (tertiary/aromatic N) is 3. The monoisotopic (exact) mass is 908 g/mol. The summed E-state index contributed by atoms with van der Waals surface area (Å²) >= 11 is 0. The van der Waals surface area contributed by atoms with Crippen LogP contribution >= 0.6 is 0 Å². The van der Waals surface area contributed by atoms with Gasteiger partial charge in [-0.25, -0.2) is 0 Å². The molecule has 0 bridgehead atoms. The van der Waals surface area contributed by atoms with Gasteiger partial charge in [-0.05, 0) is 160 Å². The molecule has 3 aliphatic heterocycles. The van der Waals surface area contributed by atoms with E-state index < -0.39 is 0 Å². The van der Waals surface area contributed by atoms with E-state index in [0.717, 1.165) is 6.42 Å². The predicted octanol–water partition coefficient (Wildman–Crippen LogP) is 15.7. The van der Waals surface area contributed by atoms with Crippen molar-refractivity contribution in [3.05, 3.63) is 153 Å². The van der Waals surface area contributed by atoms with Crippen molar-refractivity contribution in [2.45, 2.75) is 186 Å². The summed E-state index contributed by atoms with van der Waals surface area (Å²) in [6.07, 6.45) is 13.6. The van der Waals surface area contributed by atoms with Gasteiger partial charge < -0.3 is 14.4 Å². The number of allylic oxidation sites excluding steroid dienone is 4. The molecule has 0 saturated heterocycles. The van der Waals surface area contributed by atoms with E-state index in [-0.39, 0.29) is 51.2 Å². The minimum Gasteiger partial charge on any atom is -0.334 e. The molecule has 13 rings (SSSR count). The summed E-state index contributed by atoms with van der Waals surface area (Å²) in [6.45, 7) is 34.5. The second kappa shape index (κ2) is 13.8. The first kappa shape index (κ1) is 43.8. The molecular formula is C65H74BN3. The van der Waals surface area contributed by atoms with Crippen LogP contribution in [0.3, 0.4) is 0 Å². The standard InChI is InChI=1S/C65H74BN3/c1-38-29-55-57-56(30-38)68-58-44-20-16-15-19-40(44)32-45(58)46-33-42(61(6,7)8)35-51(59(46)68)66(57)50-23-22-43(36-54(50)67(55)53-37-48-47(31-39(53)2)62(9,10)27-28-63(48,11)12)69-52-24-21-41(60(3,4)5)34-49(52)64(13)25-17-18-26-65(64,69)14/h15-16,19-24,29-31,33-37,56-57H,17-18,25-28,32H2,1-14H3. The summed E-state index contributed by atoms with van der Waals surface area (Å²) in [5.74, 6) is 0.213. The number of anilines is 4. The number of hydrogen-bond donors (Lipinski definition) is 0. The Morgan fingerprint density at radius 2 is 1.35 bits per heavy atom. The highest BCUT2D eigenvalue weighted by molar-refractivity contribution is 6.90. The third-order valence-corrected chi connectivity index (χ3v) is 19.7. The molecule has 1 aromatic heterocycles. The lowest BCUT2D eigenvalue weighted by Crippen LogP contribution is -2.59. The van der Waals surface area contributed by atoms with Crippen LogP contribution in [-0.2, 0) is 33.5 Å². The molecule has 69 heavy (non-hydrogen) atoms. The lowest BCUT2D eigenvalue weighted by Gasteiger charge is -2.52. The van der Waals surface area contributed by atoms with Crippen LogP contribution in [0, 0.1) is 6.92 Å². The van der Waals surface area contributed by atoms with Crippen LogP contribution in [0.2, 0.25) is 5.82 Å². The largest absolute Gasteiger partial charge is 0.334 e. The van der Waals surface area contributed by atoms with Gasteiger partial charge in [0.2, 0.25) is 6.71 Å². The first-order valence-electron chi connectivity index (χ1n) is 26.8. The van der Waals surface area contributed by atoms with Crippen molar-refractivity contribution in [3.63, 3.8) is 0 Å². The van der Waals surface area contributed by atoms with E-state index >= 15 is 0 Å². The van der Waals surface area contributed by atoms with Gasteiger partial charge in [0.05, 0.1) is 17.3 Å². The first-order valence-corrected chi connectivity index (χ1v) is 26.8. The van der Waals surface area contributed by atoms with Gasteiger partial charge >= 0.3 is 0 Å². The van der Waals surface area contributed by atoms with E-state index in [4.69, 9.17) is 0 Å². The highest BCUT2D eigenvalue weighted by atomic mass is 15.3. The van der Waals surface area contributed by atoms with E-state index in [9.17, 15) is 0 Å². The van der Waals surface area contributed by atoms with Crippen molar-refractivity contribution >= 4 is 51.3 Å². The summed E-state index contributed by atoms with van der Waals surface area (Å²) in [5, 5.41) is 1.47.